The molecule has 1 fully saturated rings. The molecular formula is C19H25N3O2. The van der Waals surface area contributed by atoms with Crippen molar-refractivity contribution in [1.82, 2.24) is 14.7 Å². The van der Waals surface area contributed by atoms with Crippen molar-refractivity contribution in [3.05, 3.63) is 47.8 Å². The largest absolute Gasteiger partial charge is 0.494 e. The maximum atomic E-state index is 12.6. The molecule has 3 rings (SSSR count). The Labute approximate surface area is 143 Å². The molecule has 1 saturated heterocycles. The second-order valence-electron chi connectivity index (χ2n) is 6.35. The van der Waals surface area contributed by atoms with Crippen molar-refractivity contribution < 1.29 is 9.53 Å². The number of piperidine rings is 1. The zero-order valence-corrected chi connectivity index (χ0v) is 14.4. The summed E-state index contributed by atoms with van der Waals surface area (Å²) in [5.74, 6) is 1.39. The third-order valence-corrected chi connectivity index (χ3v) is 4.52. The van der Waals surface area contributed by atoms with Gasteiger partial charge in [0.15, 0.2) is 0 Å². The van der Waals surface area contributed by atoms with Crippen LogP contribution >= 0.6 is 0 Å². The van der Waals surface area contributed by atoms with Crippen LogP contribution < -0.4 is 4.74 Å². The van der Waals surface area contributed by atoms with E-state index in [1.165, 1.54) is 0 Å². The Bertz CT molecular complexity index is 678. The maximum Gasteiger partial charge on any atom is 0.227 e. The van der Waals surface area contributed by atoms with E-state index in [2.05, 4.69) is 11.2 Å². The molecule has 0 saturated carbocycles. The summed E-state index contributed by atoms with van der Waals surface area (Å²) in [4.78, 5) is 14.6. The van der Waals surface area contributed by atoms with Gasteiger partial charge in [-0.1, -0.05) is 12.1 Å². The van der Waals surface area contributed by atoms with Crippen molar-refractivity contribution >= 4 is 5.91 Å². The van der Waals surface area contributed by atoms with E-state index in [1.807, 2.05) is 54.0 Å². The Hall–Kier alpha value is -2.30. The molecule has 0 N–H and O–H groups in total. The van der Waals surface area contributed by atoms with E-state index >= 15 is 0 Å². The van der Waals surface area contributed by atoms with Gasteiger partial charge in [-0.05, 0) is 43.5 Å². The number of amides is 1. The van der Waals surface area contributed by atoms with Crippen LogP contribution in [0.15, 0.2) is 36.5 Å². The van der Waals surface area contributed by atoms with Gasteiger partial charge in [0.25, 0.3) is 0 Å². The molecule has 0 bridgehead atoms. The first kappa shape index (κ1) is 16.6. The fraction of sp³-hybridized carbons (Fsp3) is 0.474. The number of rotatable bonds is 5. The molecule has 0 radical (unpaired) electrons. The number of carbonyl (C=O) groups is 1. The number of benzene rings is 1. The van der Waals surface area contributed by atoms with Gasteiger partial charge in [-0.3, -0.25) is 9.48 Å². The van der Waals surface area contributed by atoms with Gasteiger partial charge in [-0.2, -0.15) is 5.10 Å². The fourth-order valence-electron chi connectivity index (χ4n) is 3.25. The molecule has 2 heterocycles. The highest BCUT2D eigenvalue weighted by Gasteiger charge is 2.26. The molecule has 0 unspecified atom stereocenters. The topological polar surface area (TPSA) is 47.4 Å². The van der Waals surface area contributed by atoms with Crippen molar-refractivity contribution in [2.75, 3.05) is 19.7 Å². The SMILES string of the molecule is CCOc1ccc(CC(=O)N2CCC[C@@H](c3ccn(C)n3)C2)cc1. The number of aromatic nitrogens is 2. The van der Waals surface area contributed by atoms with Crippen molar-refractivity contribution in [1.29, 1.82) is 0 Å². The van der Waals surface area contributed by atoms with Crippen LogP contribution in [0.3, 0.4) is 0 Å². The van der Waals surface area contributed by atoms with Crippen molar-refractivity contribution in [3.63, 3.8) is 0 Å². The minimum absolute atomic E-state index is 0.194. The average Bonchev–Trinajstić information content (AvgIpc) is 3.03. The zero-order valence-electron chi connectivity index (χ0n) is 14.4. The molecule has 1 atom stereocenters. The summed E-state index contributed by atoms with van der Waals surface area (Å²) in [6.45, 7) is 4.23. The van der Waals surface area contributed by atoms with Gasteiger partial charge in [-0.15, -0.1) is 0 Å². The van der Waals surface area contributed by atoms with Crippen LogP contribution in [0.25, 0.3) is 0 Å². The summed E-state index contributed by atoms with van der Waals surface area (Å²) < 4.78 is 7.27. The predicted molar refractivity (Wildman–Crippen MR) is 93.1 cm³/mol. The number of nitrogens with zero attached hydrogens (tertiary/aromatic N) is 3. The first-order valence-corrected chi connectivity index (χ1v) is 8.64. The van der Waals surface area contributed by atoms with Gasteiger partial charge >= 0.3 is 0 Å². The Kier molecular flexibility index (Phi) is 5.18. The third kappa shape index (κ3) is 3.96. The van der Waals surface area contributed by atoms with E-state index < -0.39 is 0 Å². The van der Waals surface area contributed by atoms with Crippen LogP contribution in [0.1, 0.15) is 36.9 Å². The van der Waals surface area contributed by atoms with E-state index in [9.17, 15) is 4.79 Å². The summed E-state index contributed by atoms with van der Waals surface area (Å²) in [7, 11) is 1.93. The van der Waals surface area contributed by atoms with Crippen LogP contribution in [0.4, 0.5) is 0 Å². The van der Waals surface area contributed by atoms with Gasteiger partial charge < -0.3 is 9.64 Å². The number of hydrogen-bond donors (Lipinski definition) is 0. The van der Waals surface area contributed by atoms with E-state index in [1.54, 1.807) is 0 Å². The quantitative estimate of drug-likeness (QED) is 0.848. The second kappa shape index (κ2) is 7.51. The van der Waals surface area contributed by atoms with Crippen LogP contribution in [0.5, 0.6) is 5.75 Å². The number of ether oxygens (including phenoxy) is 1. The predicted octanol–water partition coefficient (Wildman–Crippen LogP) is 2.77. The first-order chi connectivity index (χ1) is 11.7. The lowest BCUT2D eigenvalue weighted by molar-refractivity contribution is -0.131. The monoisotopic (exact) mass is 327 g/mol. The Morgan fingerprint density at radius 3 is 2.75 bits per heavy atom. The number of likely N-dealkylation sites (tertiary alicyclic amines) is 1. The molecular weight excluding hydrogens is 302 g/mol. The second-order valence-corrected chi connectivity index (χ2v) is 6.35. The fourth-order valence-corrected chi connectivity index (χ4v) is 3.25. The van der Waals surface area contributed by atoms with E-state index in [0.717, 1.165) is 42.9 Å². The number of aryl methyl sites for hydroxylation is 1. The number of carbonyl (C=O) groups excluding carboxylic acids is 1. The molecule has 24 heavy (non-hydrogen) atoms. The lowest BCUT2D eigenvalue weighted by Crippen LogP contribution is -2.40. The minimum Gasteiger partial charge on any atom is -0.494 e. The van der Waals surface area contributed by atoms with Gasteiger partial charge in [0.1, 0.15) is 5.75 Å². The van der Waals surface area contributed by atoms with Crippen molar-refractivity contribution in [2.24, 2.45) is 7.05 Å². The highest BCUT2D eigenvalue weighted by Crippen LogP contribution is 2.26. The first-order valence-electron chi connectivity index (χ1n) is 8.64. The molecule has 5 nitrogen and oxygen atoms in total. The highest BCUT2D eigenvalue weighted by atomic mass is 16.5. The molecule has 0 aliphatic carbocycles. The van der Waals surface area contributed by atoms with Gasteiger partial charge in [0, 0.05) is 32.3 Å². The summed E-state index contributed by atoms with van der Waals surface area (Å²) in [5, 5.41) is 4.50. The number of hydrogen-bond acceptors (Lipinski definition) is 3. The molecule has 0 spiro atoms. The van der Waals surface area contributed by atoms with Gasteiger partial charge in [0.2, 0.25) is 5.91 Å². The van der Waals surface area contributed by atoms with Crippen molar-refractivity contribution in [3.8, 4) is 5.75 Å². The van der Waals surface area contributed by atoms with Crippen LogP contribution in [-0.2, 0) is 18.3 Å². The highest BCUT2D eigenvalue weighted by molar-refractivity contribution is 5.79. The normalized spacial score (nSPS) is 17.8. The maximum absolute atomic E-state index is 12.6. The zero-order chi connectivity index (χ0) is 16.9. The van der Waals surface area contributed by atoms with E-state index in [0.29, 0.717) is 18.9 Å². The Balaban J connectivity index is 1.59. The lowest BCUT2D eigenvalue weighted by Gasteiger charge is -2.32. The summed E-state index contributed by atoms with van der Waals surface area (Å²) in [6, 6.07) is 9.87. The van der Waals surface area contributed by atoms with Crippen LogP contribution in [0, 0.1) is 0 Å². The standard InChI is InChI=1S/C19H25N3O2/c1-3-24-17-8-6-15(7-9-17)13-19(23)22-11-4-5-16(14-22)18-10-12-21(2)20-18/h6-10,12,16H,3-5,11,13-14H2,1-2H3/t16-/m1/s1. The molecule has 1 aromatic heterocycles. The Morgan fingerprint density at radius 1 is 1.29 bits per heavy atom. The van der Waals surface area contributed by atoms with Gasteiger partial charge in [0.05, 0.1) is 18.7 Å². The average molecular weight is 327 g/mol. The smallest absolute Gasteiger partial charge is 0.227 e. The molecule has 2 aromatic rings. The molecule has 128 valence electrons. The summed E-state index contributed by atoms with van der Waals surface area (Å²) >= 11 is 0. The molecule has 5 heteroatoms. The summed E-state index contributed by atoms with van der Waals surface area (Å²) in [6.07, 6.45) is 4.55. The van der Waals surface area contributed by atoms with Gasteiger partial charge in [-0.25, -0.2) is 0 Å². The molecule has 1 aliphatic rings. The third-order valence-electron chi connectivity index (χ3n) is 4.52. The molecule has 1 amide bonds. The molecule has 1 aliphatic heterocycles. The summed E-state index contributed by atoms with van der Waals surface area (Å²) in [5.41, 5.74) is 2.12. The van der Waals surface area contributed by atoms with E-state index in [-0.39, 0.29) is 5.91 Å². The van der Waals surface area contributed by atoms with Crippen molar-refractivity contribution in [2.45, 2.75) is 32.1 Å². The lowest BCUT2D eigenvalue weighted by atomic mass is 9.94. The Morgan fingerprint density at radius 2 is 2.08 bits per heavy atom. The van der Waals surface area contributed by atoms with E-state index in [4.69, 9.17) is 4.74 Å². The minimum atomic E-state index is 0.194. The van der Waals surface area contributed by atoms with Crippen LogP contribution in [0.2, 0.25) is 0 Å². The molecule has 1 aromatic carbocycles. The van der Waals surface area contributed by atoms with Crippen LogP contribution in [-0.4, -0.2) is 40.3 Å².